The molecule has 3 N–H and O–H groups in total. The van der Waals surface area contributed by atoms with E-state index in [1.54, 1.807) is 0 Å². The first-order valence-corrected chi connectivity index (χ1v) is 7.90. The molecule has 1 atom stereocenters. The summed E-state index contributed by atoms with van der Waals surface area (Å²) in [7, 11) is -2.95. The first-order chi connectivity index (χ1) is 9.35. The van der Waals surface area contributed by atoms with Crippen LogP contribution in [0.4, 0.5) is 14.5 Å². The van der Waals surface area contributed by atoms with Crippen LogP contribution in [0.2, 0.25) is 0 Å². The van der Waals surface area contributed by atoms with Gasteiger partial charge in [0.2, 0.25) is 0 Å². The zero-order valence-electron chi connectivity index (χ0n) is 11.1. The molecule has 0 bridgehead atoms. The third-order valence-electron chi connectivity index (χ3n) is 3.04. The summed E-state index contributed by atoms with van der Waals surface area (Å²) in [6.07, 6.45) is 0.549. The lowest BCUT2D eigenvalue weighted by Crippen LogP contribution is -2.24. The molecular formula is C12H16F2IN3O2S. The number of rotatable bonds is 3. The molecule has 1 heterocycles. The van der Waals surface area contributed by atoms with E-state index in [0.29, 0.717) is 6.42 Å². The second-order valence-corrected chi connectivity index (χ2v) is 6.97. The van der Waals surface area contributed by atoms with Crippen LogP contribution in [0, 0.1) is 17.6 Å². The zero-order chi connectivity index (χ0) is 14.8. The van der Waals surface area contributed by atoms with Crippen molar-refractivity contribution in [3.05, 3.63) is 29.8 Å². The smallest absolute Gasteiger partial charge is 0.193 e. The average Bonchev–Trinajstić information content (AvgIpc) is 2.71. The van der Waals surface area contributed by atoms with Gasteiger partial charge in [-0.1, -0.05) is 0 Å². The number of nitrogens with two attached hydrogens (primary N) is 1. The molecule has 0 aromatic heterocycles. The number of hydrogen-bond donors (Lipinski definition) is 2. The fourth-order valence-electron chi connectivity index (χ4n) is 2.01. The topological polar surface area (TPSA) is 84.5 Å². The van der Waals surface area contributed by atoms with Gasteiger partial charge in [-0.2, -0.15) is 0 Å². The van der Waals surface area contributed by atoms with Crippen molar-refractivity contribution >= 4 is 45.5 Å². The minimum Gasteiger partial charge on any atom is -0.370 e. The van der Waals surface area contributed by atoms with Crippen LogP contribution in [-0.2, 0) is 9.84 Å². The summed E-state index contributed by atoms with van der Waals surface area (Å²) < 4.78 is 48.9. The maximum atomic E-state index is 13.4. The second kappa shape index (κ2) is 7.34. The highest BCUT2D eigenvalue weighted by Crippen LogP contribution is 2.19. The van der Waals surface area contributed by atoms with Gasteiger partial charge in [0, 0.05) is 12.6 Å². The molecule has 2 rings (SSSR count). The first-order valence-electron chi connectivity index (χ1n) is 6.08. The van der Waals surface area contributed by atoms with Gasteiger partial charge in [0.25, 0.3) is 0 Å². The maximum absolute atomic E-state index is 13.4. The standard InChI is InChI=1S/C12H15F2N3O2S.HI/c13-9-1-2-10(14)11(5-9)17-12(15)16-6-8-3-4-20(18,19)7-8;/h1-2,5,8H,3-4,6-7H2,(H3,15,16,17);1H. The molecule has 1 aliphatic heterocycles. The first kappa shape index (κ1) is 18.1. The van der Waals surface area contributed by atoms with Gasteiger partial charge in [0.05, 0.1) is 17.2 Å². The Bertz CT molecular complexity index is 637. The van der Waals surface area contributed by atoms with E-state index in [1.807, 2.05) is 0 Å². The van der Waals surface area contributed by atoms with Crippen LogP contribution in [0.3, 0.4) is 0 Å². The number of anilines is 1. The number of benzene rings is 1. The molecule has 0 amide bonds. The summed E-state index contributed by atoms with van der Waals surface area (Å²) in [6.45, 7) is 0.245. The van der Waals surface area contributed by atoms with E-state index in [2.05, 4.69) is 10.3 Å². The van der Waals surface area contributed by atoms with Crippen LogP contribution in [-0.4, -0.2) is 32.4 Å². The van der Waals surface area contributed by atoms with Gasteiger partial charge in [-0.3, -0.25) is 4.99 Å². The number of nitrogens with zero attached hydrogens (tertiary/aromatic N) is 1. The SMILES string of the molecule is I.NC(=NCC1CCS(=O)(=O)C1)Nc1cc(F)ccc1F. The molecule has 21 heavy (non-hydrogen) atoms. The predicted molar refractivity (Wildman–Crippen MR) is 88.6 cm³/mol. The lowest BCUT2D eigenvalue weighted by atomic mass is 10.1. The number of nitrogens with one attached hydrogen (secondary N) is 1. The molecule has 0 radical (unpaired) electrons. The third-order valence-corrected chi connectivity index (χ3v) is 4.87. The number of sulfone groups is 1. The van der Waals surface area contributed by atoms with Gasteiger partial charge >= 0.3 is 0 Å². The van der Waals surface area contributed by atoms with E-state index in [4.69, 9.17) is 5.73 Å². The molecule has 1 fully saturated rings. The van der Waals surface area contributed by atoms with Crippen LogP contribution < -0.4 is 11.1 Å². The minimum absolute atomic E-state index is 0. The maximum Gasteiger partial charge on any atom is 0.193 e. The van der Waals surface area contributed by atoms with Crippen molar-refractivity contribution in [3.63, 3.8) is 0 Å². The van der Waals surface area contributed by atoms with Crippen molar-refractivity contribution in [1.82, 2.24) is 0 Å². The lowest BCUT2D eigenvalue weighted by Gasteiger charge is -2.08. The van der Waals surface area contributed by atoms with E-state index in [-0.39, 0.29) is 59.6 Å². The predicted octanol–water partition coefficient (Wildman–Crippen LogP) is 1.74. The summed E-state index contributed by atoms with van der Waals surface area (Å²) >= 11 is 0. The monoisotopic (exact) mass is 431 g/mol. The Morgan fingerprint density at radius 2 is 2.14 bits per heavy atom. The van der Waals surface area contributed by atoms with E-state index in [1.165, 1.54) is 0 Å². The van der Waals surface area contributed by atoms with Crippen LogP contribution in [0.15, 0.2) is 23.2 Å². The molecule has 1 saturated heterocycles. The second-order valence-electron chi connectivity index (χ2n) is 4.74. The summed E-state index contributed by atoms with van der Waals surface area (Å²) in [5.74, 6) is -1.12. The van der Waals surface area contributed by atoms with Crippen molar-refractivity contribution in [2.75, 3.05) is 23.4 Å². The van der Waals surface area contributed by atoms with E-state index in [0.717, 1.165) is 18.2 Å². The highest BCUT2D eigenvalue weighted by Gasteiger charge is 2.27. The summed E-state index contributed by atoms with van der Waals surface area (Å²) in [6, 6.07) is 2.95. The zero-order valence-corrected chi connectivity index (χ0v) is 14.2. The number of aliphatic imine (C=N–C) groups is 1. The molecule has 0 spiro atoms. The molecule has 1 aliphatic rings. The Kier molecular flexibility index (Phi) is 6.32. The van der Waals surface area contributed by atoms with Crippen molar-refractivity contribution < 1.29 is 17.2 Å². The molecule has 0 aliphatic carbocycles. The van der Waals surface area contributed by atoms with E-state index < -0.39 is 21.5 Å². The lowest BCUT2D eigenvalue weighted by molar-refractivity contribution is 0.591. The van der Waals surface area contributed by atoms with Gasteiger partial charge < -0.3 is 11.1 Å². The molecule has 1 unspecified atom stereocenters. The molecule has 1 aromatic rings. The van der Waals surface area contributed by atoms with E-state index >= 15 is 0 Å². The summed E-state index contributed by atoms with van der Waals surface area (Å²) in [4.78, 5) is 3.97. The van der Waals surface area contributed by atoms with Crippen LogP contribution in [0.1, 0.15) is 6.42 Å². The quantitative estimate of drug-likeness (QED) is 0.434. The van der Waals surface area contributed by atoms with E-state index in [9.17, 15) is 17.2 Å². The number of guanidine groups is 1. The van der Waals surface area contributed by atoms with Gasteiger partial charge in [-0.05, 0) is 24.5 Å². The molecule has 9 heteroatoms. The Labute approximate surface area is 139 Å². The molecule has 118 valence electrons. The fraction of sp³-hybridized carbons (Fsp3) is 0.417. The average molecular weight is 431 g/mol. The summed E-state index contributed by atoms with van der Waals surface area (Å²) in [5.41, 5.74) is 5.46. The minimum atomic E-state index is -2.95. The highest BCUT2D eigenvalue weighted by molar-refractivity contribution is 14.0. The van der Waals surface area contributed by atoms with Crippen LogP contribution in [0.5, 0.6) is 0 Å². The normalized spacial score (nSPS) is 20.9. The van der Waals surface area contributed by atoms with Crippen molar-refractivity contribution in [2.24, 2.45) is 16.6 Å². The van der Waals surface area contributed by atoms with Crippen LogP contribution in [0.25, 0.3) is 0 Å². The van der Waals surface area contributed by atoms with Gasteiger partial charge in [-0.25, -0.2) is 17.2 Å². The largest absolute Gasteiger partial charge is 0.370 e. The Morgan fingerprint density at radius 3 is 2.76 bits per heavy atom. The van der Waals surface area contributed by atoms with Crippen molar-refractivity contribution in [2.45, 2.75) is 6.42 Å². The molecular weight excluding hydrogens is 415 g/mol. The Hall–Kier alpha value is -0.970. The Morgan fingerprint density at radius 1 is 1.43 bits per heavy atom. The molecule has 0 saturated carbocycles. The van der Waals surface area contributed by atoms with Gasteiger partial charge in [-0.15, -0.1) is 24.0 Å². The fourth-order valence-corrected chi connectivity index (χ4v) is 3.86. The Balaban J connectivity index is 0.00000220. The number of hydrogen-bond acceptors (Lipinski definition) is 3. The van der Waals surface area contributed by atoms with Gasteiger partial charge in [0.1, 0.15) is 11.6 Å². The third kappa shape index (κ3) is 5.38. The molecule has 5 nitrogen and oxygen atoms in total. The van der Waals surface area contributed by atoms with Crippen molar-refractivity contribution in [1.29, 1.82) is 0 Å². The summed E-state index contributed by atoms with van der Waals surface area (Å²) in [5, 5.41) is 2.46. The molecule has 1 aromatic carbocycles. The number of halogens is 3. The van der Waals surface area contributed by atoms with Crippen molar-refractivity contribution in [3.8, 4) is 0 Å². The van der Waals surface area contributed by atoms with Gasteiger partial charge in [0.15, 0.2) is 15.8 Å². The highest BCUT2D eigenvalue weighted by atomic mass is 127. The van der Waals surface area contributed by atoms with Crippen LogP contribution >= 0.6 is 24.0 Å².